The minimum absolute atomic E-state index is 0.0215. The molecular formula is C17H26O3. The van der Waals surface area contributed by atoms with Crippen LogP contribution >= 0.6 is 0 Å². The lowest BCUT2D eigenvalue weighted by molar-refractivity contribution is -0.158. The van der Waals surface area contributed by atoms with Gasteiger partial charge in [-0.05, 0) is 36.0 Å². The summed E-state index contributed by atoms with van der Waals surface area (Å²) < 4.78 is 5.71. The molecule has 0 aromatic heterocycles. The lowest BCUT2D eigenvalue weighted by Crippen LogP contribution is -2.53. The third kappa shape index (κ3) is 1.53. The van der Waals surface area contributed by atoms with Crippen LogP contribution in [-0.4, -0.2) is 23.3 Å². The fourth-order valence-electron chi connectivity index (χ4n) is 5.44. The second-order valence-electron chi connectivity index (χ2n) is 8.16. The van der Waals surface area contributed by atoms with E-state index in [0.29, 0.717) is 5.92 Å². The average Bonchev–Trinajstić information content (AvgIpc) is 2.72. The van der Waals surface area contributed by atoms with Crippen molar-refractivity contribution < 1.29 is 14.6 Å². The van der Waals surface area contributed by atoms with Crippen molar-refractivity contribution in [1.82, 2.24) is 0 Å². The molecule has 112 valence electrons. The second-order valence-corrected chi connectivity index (χ2v) is 8.16. The summed E-state index contributed by atoms with van der Waals surface area (Å²) >= 11 is 0. The molecule has 2 bridgehead atoms. The van der Waals surface area contributed by atoms with Crippen molar-refractivity contribution in [3.05, 3.63) is 11.6 Å². The van der Waals surface area contributed by atoms with Crippen LogP contribution in [0.2, 0.25) is 0 Å². The minimum Gasteiger partial charge on any atom is -0.462 e. The number of ether oxygens (including phenoxy) is 1. The topological polar surface area (TPSA) is 46.5 Å². The number of fused-ring (bicyclic) bond motifs is 1. The van der Waals surface area contributed by atoms with Gasteiger partial charge in [0.2, 0.25) is 0 Å². The van der Waals surface area contributed by atoms with Gasteiger partial charge < -0.3 is 9.84 Å². The Labute approximate surface area is 121 Å². The number of aliphatic hydroxyl groups is 1. The summed E-state index contributed by atoms with van der Waals surface area (Å²) in [7, 11) is 0. The molecule has 1 spiro atoms. The lowest BCUT2D eigenvalue weighted by Gasteiger charge is -2.54. The SMILES string of the molecule is CC(=O)OC1CC2CC13C(=CC(O)CC3(C)C)C2(C)C. The van der Waals surface area contributed by atoms with Crippen molar-refractivity contribution in [3.63, 3.8) is 0 Å². The van der Waals surface area contributed by atoms with Crippen LogP contribution in [0.25, 0.3) is 0 Å². The molecule has 3 nitrogen and oxygen atoms in total. The number of carbonyl (C=O) groups excluding carboxylic acids is 1. The minimum atomic E-state index is -0.373. The van der Waals surface area contributed by atoms with Gasteiger partial charge in [0.1, 0.15) is 6.10 Å². The van der Waals surface area contributed by atoms with E-state index in [2.05, 4.69) is 33.8 Å². The van der Waals surface area contributed by atoms with Crippen molar-refractivity contribution in [3.8, 4) is 0 Å². The van der Waals surface area contributed by atoms with Crippen molar-refractivity contribution in [2.24, 2.45) is 22.2 Å². The molecule has 0 aliphatic heterocycles. The third-order valence-corrected chi connectivity index (χ3v) is 6.41. The molecule has 2 fully saturated rings. The van der Waals surface area contributed by atoms with Gasteiger partial charge >= 0.3 is 5.97 Å². The number of rotatable bonds is 1. The number of carbonyl (C=O) groups is 1. The quantitative estimate of drug-likeness (QED) is 0.592. The second kappa shape index (κ2) is 3.88. The summed E-state index contributed by atoms with van der Waals surface area (Å²) in [6, 6.07) is 0. The highest BCUT2D eigenvalue weighted by Gasteiger charge is 2.70. The Morgan fingerprint density at radius 3 is 2.55 bits per heavy atom. The molecule has 20 heavy (non-hydrogen) atoms. The maximum atomic E-state index is 11.5. The van der Waals surface area contributed by atoms with E-state index in [1.807, 2.05) is 0 Å². The summed E-state index contributed by atoms with van der Waals surface area (Å²) in [6.07, 6.45) is 4.46. The molecule has 0 aromatic carbocycles. The Morgan fingerprint density at radius 1 is 1.30 bits per heavy atom. The molecular weight excluding hydrogens is 252 g/mol. The van der Waals surface area contributed by atoms with Crippen molar-refractivity contribution in [2.45, 2.75) is 66.1 Å². The Bertz CT molecular complexity index is 488. The highest BCUT2D eigenvalue weighted by molar-refractivity contribution is 5.66. The first-order valence-corrected chi connectivity index (χ1v) is 7.69. The molecule has 3 aliphatic rings. The van der Waals surface area contributed by atoms with Crippen molar-refractivity contribution in [1.29, 1.82) is 0 Å². The number of esters is 1. The maximum absolute atomic E-state index is 11.5. The van der Waals surface area contributed by atoms with Crippen LogP contribution in [0.1, 0.15) is 53.9 Å². The molecule has 0 saturated heterocycles. The predicted octanol–water partition coefficient (Wildman–Crippen LogP) is 3.07. The summed E-state index contributed by atoms with van der Waals surface area (Å²) in [5, 5.41) is 10.2. The zero-order valence-electron chi connectivity index (χ0n) is 13.2. The summed E-state index contributed by atoms with van der Waals surface area (Å²) in [5.74, 6) is 0.360. The van der Waals surface area contributed by atoms with E-state index in [1.165, 1.54) is 12.5 Å². The molecule has 0 amide bonds. The summed E-state index contributed by atoms with van der Waals surface area (Å²) in [6.45, 7) is 10.5. The van der Waals surface area contributed by atoms with E-state index in [1.54, 1.807) is 0 Å². The van der Waals surface area contributed by atoms with Crippen LogP contribution in [0, 0.1) is 22.2 Å². The maximum Gasteiger partial charge on any atom is 0.302 e. The molecule has 1 N–H and O–H groups in total. The van der Waals surface area contributed by atoms with Crippen LogP contribution in [0.15, 0.2) is 11.6 Å². The highest BCUT2D eigenvalue weighted by atomic mass is 16.5. The molecule has 0 aromatic rings. The number of aliphatic hydroxyl groups excluding tert-OH is 1. The summed E-state index contributed by atoms with van der Waals surface area (Å²) in [4.78, 5) is 11.5. The van der Waals surface area contributed by atoms with Crippen LogP contribution in [0.3, 0.4) is 0 Å². The Kier molecular flexibility index (Phi) is 2.74. The fourth-order valence-corrected chi connectivity index (χ4v) is 5.44. The molecule has 0 radical (unpaired) electrons. The van der Waals surface area contributed by atoms with Gasteiger partial charge in [-0.2, -0.15) is 0 Å². The number of hydrogen-bond acceptors (Lipinski definition) is 3. The predicted molar refractivity (Wildman–Crippen MR) is 77.0 cm³/mol. The van der Waals surface area contributed by atoms with Crippen molar-refractivity contribution in [2.75, 3.05) is 0 Å². The van der Waals surface area contributed by atoms with Crippen LogP contribution in [-0.2, 0) is 9.53 Å². The van der Waals surface area contributed by atoms with Crippen molar-refractivity contribution >= 4 is 5.97 Å². The van der Waals surface area contributed by atoms with Gasteiger partial charge in [0.05, 0.1) is 6.10 Å². The molecule has 0 heterocycles. The van der Waals surface area contributed by atoms with Gasteiger partial charge in [0, 0.05) is 12.3 Å². The Balaban J connectivity index is 2.14. The van der Waals surface area contributed by atoms with Gasteiger partial charge in [0.15, 0.2) is 0 Å². The van der Waals surface area contributed by atoms with E-state index >= 15 is 0 Å². The molecule has 3 heteroatoms. The van der Waals surface area contributed by atoms with Crippen LogP contribution in [0.4, 0.5) is 0 Å². The molecule has 3 aliphatic carbocycles. The van der Waals surface area contributed by atoms with Gasteiger partial charge in [-0.3, -0.25) is 4.79 Å². The average molecular weight is 278 g/mol. The standard InChI is InChI=1S/C17H26O3/c1-10(18)20-14-6-11-8-17(14)13(16(11,4)5)7-12(19)9-15(17,2)3/h7,11-12,14,19H,6,8-9H2,1-5H3. The number of hydrogen-bond donors (Lipinski definition) is 1. The van der Waals surface area contributed by atoms with Gasteiger partial charge in [-0.1, -0.05) is 39.3 Å². The molecule has 2 saturated carbocycles. The van der Waals surface area contributed by atoms with E-state index in [4.69, 9.17) is 4.74 Å². The van der Waals surface area contributed by atoms with E-state index in [9.17, 15) is 9.90 Å². The van der Waals surface area contributed by atoms with Crippen LogP contribution < -0.4 is 0 Å². The van der Waals surface area contributed by atoms with Gasteiger partial charge in [0.25, 0.3) is 0 Å². The zero-order valence-corrected chi connectivity index (χ0v) is 13.2. The van der Waals surface area contributed by atoms with E-state index < -0.39 is 0 Å². The van der Waals surface area contributed by atoms with Crippen LogP contribution in [0.5, 0.6) is 0 Å². The highest BCUT2D eigenvalue weighted by Crippen LogP contribution is 2.74. The molecule has 4 atom stereocenters. The first kappa shape index (κ1) is 14.1. The third-order valence-electron chi connectivity index (χ3n) is 6.41. The summed E-state index contributed by atoms with van der Waals surface area (Å²) in [5.41, 5.74) is 1.32. The van der Waals surface area contributed by atoms with Gasteiger partial charge in [-0.15, -0.1) is 0 Å². The largest absolute Gasteiger partial charge is 0.462 e. The van der Waals surface area contributed by atoms with E-state index in [-0.39, 0.29) is 34.4 Å². The Morgan fingerprint density at radius 2 is 1.95 bits per heavy atom. The lowest BCUT2D eigenvalue weighted by atomic mass is 9.52. The molecule has 4 unspecified atom stereocenters. The van der Waals surface area contributed by atoms with E-state index in [0.717, 1.165) is 19.3 Å². The smallest absolute Gasteiger partial charge is 0.302 e. The van der Waals surface area contributed by atoms with Gasteiger partial charge in [-0.25, -0.2) is 0 Å². The zero-order chi connectivity index (χ0) is 14.9. The normalized spacial score (nSPS) is 43.9. The first-order chi connectivity index (χ1) is 9.11. The monoisotopic (exact) mass is 278 g/mol. The molecule has 3 rings (SSSR count). The Hall–Kier alpha value is -0.830. The first-order valence-electron chi connectivity index (χ1n) is 7.69. The fraction of sp³-hybridized carbons (Fsp3) is 0.824.